The molecule has 4 rings (SSSR count). The van der Waals surface area contributed by atoms with E-state index in [2.05, 4.69) is 51.3 Å². The van der Waals surface area contributed by atoms with Gasteiger partial charge in [-0.25, -0.2) is 14.6 Å². The van der Waals surface area contributed by atoms with Crippen molar-refractivity contribution in [1.82, 2.24) is 25.1 Å². The predicted molar refractivity (Wildman–Crippen MR) is 106 cm³/mol. The van der Waals surface area contributed by atoms with Crippen molar-refractivity contribution in [3.05, 3.63) is 47.4 Å². The summed E-state index contributed by atoms with van der Waals surface area (Å²) in [7, 11) is 0. The molecular formula is C20H24N6O2. The Kier molecular flexibility index (Phi) is 5.21. The van der Waals surface area contributed by atoms with Gasteiger partial charge in [-0.2, -0.15) is 5.10 Å². The molecule has 0 atom stereocenters. The van der Waals surface area contributed by atoms with Gasteiger partial charge < -0.3 is 15.0 Å². The summed E-state index contributed by atoms with van der Waals surface area (Å²) >= 11 is 0. The second-order valence-corrected chi connectivity index (χ2v) is 7.03. The third kappa shape index (κ3) is 3.82. The lowest BCUT2D eigenvalue weighted by Gasteiger charge is -2.27. The van der Waals surface area contributed by atoms with Gasteiger partial charge in [0.05, 0.1) is 24.8 Å². The molecule has 1 fully saturated rings. The van der Waals surface area contributed by atoms with E-state index in [1.54, 1.807) is 10.9 Å². The number of hydrogen-bond donors (Lipinski definition) is 1. The molecule has 28 heavy (non-hydrogen) atoms. The highest BCUT2D eigenvalue weighted by Gasteiger charge is 2.18. The molecule has 0 aliphatic carbocycles. The molecule has 146 valence electrons. The fourth-order valence-electron chi connectivity index (χ4n) is 3.33. The van der Waals surface area contributed by atoms with E-state index in [9.17, 15) is 4.79 Å². The van der Waals surface area contributed by atoms with Gasteiger partial charge >= 0.3 is 0 Å². The molecule has 3 heterocycles. The van der Waals surface area contributed by atoms with Crippen molar-refractivity contribution in [2.45, 2.75) is 26.9 Å². The molecule has 1 saturated heterocycles. The molecule has 0 unspecified atom stereocenters. The average molecular weight is 380 g/mol. The molecule has 8 heteroatoms. The maximum atomic E-state index is 12.4. The van der Waals surface area contributed by atoms with Crippen molar-refractivity contribution in [3.63, 3.8) is 0 Å². The summed E-state index contributed by atoms with van der Waals surface area (Å²) in [6, 6.07) is 6.20. The first-order valence-corrected chi connectivity index (χ1v) is 9.44. The maximum absolute atomic E-state index is 12.4. The van der Waals surface area contributed by atoms with Crippen LogP contribution < -0.4 is 10.2 Å². The van der Waals surface area contributed by atoms with Gasteiger partial charge in [-0.1, -0.05) is 18.2 Å². The summed E-state index contributed by atoms with van der Waals surface area (Å²) in [5, 5.41) is 8.18. The minimum Gasteiger partial charge on any atom is -0.378 e. The highest BCUT2D eigenvalue weighted by molar-refractivity contribution is 5.87. The molecule has 1 amide bonds. The third-order valence-electron chi connectivity index (χ3n) is 5.08. The largest absolute Gasteiger partial charge is 0.378 e. The Bertz CT molecular complexity index is 994. The number of hydrogen-bond acceptors (Lipinski definition) is 6. The first-order valence-electron chi connectivity index (χ1n) is 9.44. The van der Waals surface area contributed by atoms with Gasteiger partial charge in [0.2, 0.25) is 5.91 Å². The number of ether oxygens (including phenoxy) is 1. The second kappa shape index (κ2) is 7.93. The molecule has 0 spiro atoms. The number of aryl methyl sites for hydroxylation is 2. The van der Waals surface area contributed by atoms with E-state index in [1.165, 1.54) is 17.5 Å². The lowest BCUT2D eigenvalue weighted by atomic mass is 10.1. The van der Waals surface area contributed by atoms with Crippen LogP contribution in [0.5, 0.6) is 0 Å². The molecule has 1 aliphatic heterocycles. The van der Waals surface area contributed by atoms with Crippen LogP contribution in [-0.4, -0.2) is 52.0 Å². The SMILES string of the molecule is Cc1ccc(CNC(=O)Cn2ncc3c(N4CCOCC4)ncnc32)cc1C. The number of rotatable bonds is 5. The van der Waals surface area contributed by atoms with Crippen LogP contribution in [0.25, 0.3) is 11.0 Å². The number of aromatic nitrogens is 4. The monoisotopic (exact) mass is 380 g/mol. The van der Waals surface area contributed by atoms with Gasteiger partial charge in [-0.05, 0) is 30.5 Å². The van der Waals surface area contributed by atoms with Gasteiger partial charge in [0.1, 0.15) is 18.7 Å². The molecule has 0 saturated carbocycles. The Morgan fingerprint density at radius 2 is 2.00 bits per heavy atom. The molecule has 0 radical (unpaired) electrons. The van der Waals surface area contributed by atoms with E-state index in [1.807, 2.05) is 6.07 Å². The molecule has 1 aliphatic rings. The van der Waals surface area contributed by atoms with Crippen molar-refractivity contribution < 1.29 is 9.53 Å². The normalized spacial score (nSPS) is 14.4. The van der Waals surface area contributed by atoms with E-state index in [0.717, 1.165) is 29.9 Å². The number of amides is 1. The smallest absolute Gasteiger partial charge is 0.242 e. The van der Waals surface area contributed by atoms with Gasteiger partial charge in [0.15, 0.2) is 5.65 Å². The average Bonchev–Trinajstić information content (AvgIpc) is 3.12. The standard InChI is InChI=1S/C20H24N6O2/c1-14-3-4-16(9-15(14)2)10-21-18(27)12-26-20-17(11-24-26)19(22-13-23-20)25-5-7-28-8-6-25/h3-4,9,11,13H,5-8,10,12H2,1-2H3,(H,21,27). The fraction of sp³-hybridized carbons (Fsp3) is 0.400. The van der Waals surface area contributed by atoms with E-state index in [-0.39, 0.29) is 12.5 Å². The van der Waals surface area contributed by atoms with Gasteiger partial charge in [-0.15, -0.1) is 0 Å². The topological polar surface area (TPSA) is 85.2 Å². The van der Waals surface area contributed by atoms with E-state index < -0.39 is 0 Å². The van der Waals surface area contributed by atoms with Crippen LogP contribution in [0.3, 0.4) is 0 Å². The third-order valence-corrected chi connectivity index (χ3v) is 5.08. The number of anilines is 1. The van der Waals surface area contributed by atoms with Gasteiger partial charge in [0, 0.05) is 19.6 Å². The van der Waals surface area contributed by atoms with E-state index in [4.69, 9.17) is 4.74 Å². The maximum Gasteiger partial charge on any atom is 0.242 e. The summed E-state index contributed by atoms with van der Waals surface area (Å²) in [6.07, 6.45) is 3.26. The Morgan fingerprint density at radius 1 is 1.18 bits per heavy atom. The Morgan fingerprint density at radius 3 is 2.79 bits per heavy atom. The molecule has 3 aromatic rings. The highest BCUT2D eigenvalue weighted by atomic mass is 16.5. The predicted octanol–water partition coefficient (Wildman–Crippen LogP) is 1.60. The summed E-state index contributed by atoms with van der Waals surface area (Å²) in [5.41, 5.74) is 4.21. The number of carbonyl (C=O) groups is 1. The Hall–Kier alpha value is -3.00. The molecule has 0 bridgehead atoms. The van der Waals surface area contributed by atoms with Crippen LogP contribution in [0, 0.1) is 13.8 Å². The molecule has 1 N–H and O–H groups in total. The van der Waals surface area contributed by atoms with Crippen LogP contribution in [0.1, 0.15) is 16.7 Å². The number of fused-ring (bicyclic) bond motifs is 1. The van der Waals surface area contributed by atoms with Crippen LogP contribution in [-0.2, 0) is 22.6 Å². The Balaban J connectivity index is 1.45. The van der Waals surface area contributed by atoms with Crippen LogP contribution in [0.15, 0.2) is 30.7 Å². The second-order valence-electron chi connectivity index (χ2n) is 7.03. The number of carbonyl (C=O) groups excluding carboxylic acids is 1. The zero-order valence-corrected chi connectivity index (χ0v) is 16.2. The first kappa shape index (κ1) is 18.4. The summed E-state index contributed by atoms with van der Waals surface area (Å²) in [5.74, 6) is 0.741. The number of benzene rings is 1. The number of morpholine rings is 1. The first-order chi connectivity index (χ1) is 13.6. The minimum absolute atomic E-state index is 0.102. The molecule has 8 nitrogen and oxygen atoms in total. The van der Waals surface area contributed by atoms with Gasteiger partial charge in [0.25, 0.3) is 0 Å². The fourth-order valence-corrected chi connectivity index (χ4v) is 3.33. The Labute approximate surface area is 163 Å². The lowest BCUT2D eigenvalue weighted by molar-refractivity contribution is -0.121. The van der Waals surface area contributed by atoms with E-state index >= 15 is 0 Å². The van der Waals surface area contributed by atoms with Crippen LogP contribution in [0.2, 0.25) is 0 Å². The van der Waals surface area contributed by atoms with Crippen LogP contribution in [0.4, 0.5) is 5.82 Å². The summed E-state index contributed by atoms with van der Waals surface area (Å²) < 4.78 is 7.03. The van der Waals surface area contributed by atoms with Gasteiger partial charge in [-0.3, -0.25) is 4.79 Å². The molecular weight excluding hydrogens is 356 g/mol. The highest BCUT2D eigenvalue weighted by Crippen LogP contribution is 2.23. The van der Waals surface area contributed by atoms with Crippen molar-refractivity contribution in [1.29, 1.82) is 0 Å². The zero-order valence-electron chi connectivity index (χ0n) is 16.2. The van der Waals surface area contributed by atoms with Crippen molar-refractivity contribution in [2.75, 3.05) is 31.2 Å². The molecule has 2 aromatic heterocycles. The van der Waals surface area contributed by atoms with E-state index in [0.29, 0.717) is 25.4 Å². The summed E-state index contributed by atoms with van der Waals surface area (Å²) in [6.45, 7) is 7.69. The quantitative estimate of drug-likeness (QED) is 0.724. The molecule has 1 aromatic carbocycles. The lowest BCUT2D eigenvalue weighted by Crippen LogP contribution is -2.36. The van der Waals surface area contributed by atoms with Crippen molar-refractivity contribution in [3.8, 4) is 0 Å². The zero-order chi connectivity index (χ0) is 19.5. The number of nitrogens with zero attached hydrogens (tertiary/aromatic N) is 5. The van der Waals surface area contributed by atoms with Crippen molar-refractivity contribution in [2.24, 2.45) is 0 Å². The van der Waals surface area contributed by atoms with Crippen molar-refractivity contribution >= 4 is 22.8 Å². The minimum atomic E-state index is -0.102. The number of nitrogens with one attached hydrogen (secondary N) is 1. The van der Waals surface area contributed by atoms with Crippen LogP contribution >= 0.6 is 0 Å². The summed E-state index contributed by atoms with van der Waals surface area (Å²) in [4.78, 5) is 23.4.